The zero-order chi connectivity index (χ0) is 14.5. The molecule has 0 bridgehead atoms. The molecule has 7 unspecified atom stereocenters. The van der Waals surface area contributed by atoms with Crippen LogP contribution in [-0.2, 0) is 0 Å². The zero-order valence-corrected chi connectivity index (χ0v) is 12.1. The number of amidine groups is 1. The highest BCUT2D eigenvalue weighted by molar-refractivity contribution is 6.20. The fourth-order valence-corrected chi connectivity index (χ4v) is 4.55. The van der Waals surface area contributed by atoms with Gasteiger partial charge in [0.25, 0.3) is 0 Å². The predicted octanol–water partition coefficient (Wildman–Crippen LogP) is 2.34. The lowest BCUT2D eigenvalue weighted by atomic mass is 9.65. The van der Waals surface area contributed by atoms with Crippen molar-refractivity contribution in [2.75, 3.05) is 0 Å². The smallest absolute Gasteiger partial charge is 0.137 e. The van der Waals surface area contributed by atoms with Crippen LogP contribution in [0.25, 0.3) is 0 Å². The second-order valence-electron chi connectivity index (χ2n) is 6.42. The molecular formula is C14H21ClF2N2O. The van der Waals surface area contributed by atoms with Crippen molar-refractivity contribution < 1.29 is 13.9 Å². The number of nitrogens with two attached hydrogens (primary N) is 1. The van der Waals surface area contributed by atoms with E-state index in [0.29, 0.717) is 19.3 Å². The van der Waals surface area contributed by atoms with Gasteiger partial charge in [-0.3, -0.25) is 4.99 Å². The summed E-state index contributed by atoms with van der Waals surface area (Å²) in [5, 5.41) is 11.0. The molecule has 0 aromatic carbocycles. The summed E-state index contributed by atoms with van der Waals surface area (Å²) in [7, 11) is 0. The first-order chi connectivity index (χ1) is 9.44. The van der Waals surface area contributed by atoms with Gasteiger partial charge < -0.3 is 10.8 Å². The first-order valence-electron chi connectivity index (χ1n) is 7.43. The van der Waals surface area contributed by atoms with Crippen molar-refractivity contribution in [3.05, 3.63) is 0 Å². The van der Waals surface area contributed by atoms with Gasteiger partial charge in [-0.1, -0.05) is 0 Å². The van der Waals surface area contributed by atoms with Crippen molar-refractivity contribution >= 4 is 17.4 Å². The van der Waals surface area contributed by atoms with Crippen LogP contribution >= 0.6 is 11.6 Å². The van der Waals surface area contributed by atoms with E-state index < -0.39 is 23.9 Å². The molecule has 114 valence electrons. The Morgan fingerprint density at radius 3 is 2.70 bits per heavy atom. The van der Waals surface area contributed by atoms with Gasteiger partial charge in [-0.2, -0.15) is 0 Å². The molecule has 0 aromatic rings. The van der Waals surface area contributed by atoms with Gasteiger partial charge in [0.05, 0.1) is 6.04 Å². The van der Waals surface area contributed by atoms with Crippen LogP contribution in [0.5, 0.6) is 0 Å². The first kappa shape index (κ1) is 14.5. The van der Waals surface area contributed by atoms with Crippen molar-refractivity contribution in [2.24, 2.45) is 22.6 Å². The monoisotopic (exact) mass is 306 g/mol. The third-order valence-corrected chi connectivity index (χ3v) is 5.72. The van der Waals surface area contributed by atoms with Crippen molar-refractivity contribution in [1.29, 1.82) is 0 Å². The van der Waals surface area contributed by atoms with E-state index in [-0.39, 0.29) is 29.6 Å². The van der Waals surface area contributed by atoms with Crippen LogP contribution in [0.2, 0.25) is 0 Å². The summed E-state index contributed by atoms with van der Waals surface area (Å²) in [5.74, 6) is -0.987. The van der Waals surface area contributed by atoms with Gasteiger partial charge >= 0.3 is 0 Å². The van der Waals surface area contributed by atoms with E-state index >= 15 is 0 Å². The molecule has 0 radical (unpaired) electrons. The number of hydrogen-bond donors (Lipinski definition) is 2. The Labute approximate surface area is 122 Å². The molecule has 3 N–H and O–H groups in total. The lowest BCUT2D eigenvalue weighted by Gasteiger charge is -2.44. The minimum Gasteiger partial charge on any atom is -0.385 e. The predicted molar refractivity (Wildman–Crippen MR) is 74.5 cm³/mol. The Balaban J connectivity index is 1.90. The Kier molecular flexibility index (Phi) is 3.70. The molecule has 7 atom stereocenters. The first-order valence-corrected chi connectivity index (χ1v) is 7.86. The molecule has 2 fully saturated rings. The van der Waals surface area contributed by atoms with Crippen LogP contribution in [0.4, 0.5) is 8.78 Å². The summed E-state index contributed by atoms with van der Waals surface area (Å²) in [6.07, 6.45) is 0.199. The minimum atomic E-state index is -1.67. The highest BCUT2D eigenvalue weighted by Crippen LogP contribution is 2.49. The number of aliphatic hydroxyl groups is 1. The van der Waals surface area contributed by atoms with Crippen molar-refractivity contribution in [1.82, 2.24) is 0 Å². The topological polar surface area (TPSA) is 58.6 Å². The van der Waals surface area contributed by atoms with Gasteiger partial charge in [-0.25, -0.2) is 8.78 Å². The third kappa shape index (κ3) is 2.05. The van der Waals surface area contributed by atoms with Crippen LogP contribution in [0.1, 0.15) is 38.5 Å². The van der Waals surface area contributed by atoms with E-state index in [0.717, 1.165) is 12.8 Å². The zero-order valence-electron chi connectivity index (χ0n) is 11.3. The molecule has 6 heteroatoms. The summed E-state index contributed by atoms with van der Waals surface area (Å²) in [5.41, 5.74) is 4.40. The van der Waals surface area contributed by atoms with Gasteiger partial charge in [0.15, 0.2) is 0 Å². The SMILES string of the molecule is NC1=NC2CCC(Cl)CC2C1(O)C1CCCC(F)C1F. The van der Waals surface area contributed by atoms with Crippen molar-refractivity contribution in [3.63, 3.8) is 0 Å². The normalized spacial score (nSPS) is 52.5. The van der Waals surface area contributed by atoms with E-state index in [4.69, 9.17) is 17.3 Å². The quantitative estimate of drug-likeness (QED) is 0.731. The van der Waals surface area contributed by atoms with Gasteiger partial charge in [0.1, 0.15) is 23.8 Å². The molecule has 20 heavy (non-hydrogen) atoms. The molecule has 0 amide bonds. The van der Waals surface area contributed by atoms with E-state index in [2.05, 4.69) is 4.99 Å². The second kappa shape index (κ2) is 5.09. The third-order valence-electron chi connectivity index (χ3n) is 5.32. The molecule has 0 spiro atoms. The number of aliphatic imine (C=N–C) groups is 1. The fourth-order valence-electron chi connectivity index (χ4n) is 4.23. The van der Waals surface area contributed by atoms with Crippen LogP contribution in [-0.4, -0.2) is 40.3 Å². The molecule has 3 rings (SSSR count). The van der Waals surface area contributed by atoms with Crippen molar-refractivity contribution in [2.45, 2.75) is 67.9 Å². The Morgan fingerprint density at radius 1 is 1.20 bits per heavy atom. The molecule has 0 aromatic heterocycles. The number of rotatable bonds is 1. The molecule has 2 saturated carbocycles. The molecule has 2 aliphatic carbocycles. The van der Waals surface area contributed by atoms with E-state index in [1.54, 1.807) is 0 Å². The van der Waals surface area contributed by atoms with Crippen molar-refractivity contribution in [3.8, 4) is 0 Å². The lowest BCUT2D eigenvalue weighted by Crippen LogP contribution is -2.59. The summed E-state index contributed by atoms with van der Waals surface area (Å²) < 4.78 is 28.0. The molecule has 1 heterocycles. The Morgan fingerprint density at radius 2 is 1.95 bits per heavy atom. The maximum Gasteiger partial charge on any atom is 0.137 e. The van der Waals surface area contributed by atoms with Gasteiger partial charge in [0.2, 0.25) is 0 Å². The summed E-state index contributed by atoms with van der Waals surface area (Å²) in [6, 6.07) is -0.0952. The van der Waals surface area contributed by atoms with E-state index in [1.807, 2.05) is 0 Å². The number of hydrogen-bond acceptors (Lipinski definition) is 3. The summed E-state index contributed by atoms with van der Waals surface area (Å²) in [6.45, 7) is 0. The average Bonchev–Trinajstić information content (AvgIpc) is 2.66. The molecule has 3 nitrogen and oxygen atoms in total. The highest BCUT2D eigenvalue weighted by atomic mass is 35.5. The number of alkyl halides is 3. The second-order valence-corrected chi connectivity index (χ2v) is 7.04. The average molecular weight is 307 g/mol. The molecular weight excluding hydrogens is 286 g/mol. The molecule has 3 aliphatic rings. The van der Waals surface area contributed by atoms with Crippen LogP contribution in [0.15, 0.2) is 4.99 Å². The van der Waals surface area contributed by atoms with Gasteiger partial charge in [0, 0.05) is 17.2 Å². The largest absolute Gasteiger partial charge is 0.385 e. The van der Waals surface area contributed by atoms with E-state index in [9.17, 15) is 13.9 Å². The Bertz CT molecular complexity index is 422. The number of halogens is 3. The number of fused-ring (bicyclic) bond motifs is 1. The summed E-state index contributed by atoms with van der Waals surface area (Å²) in [4.78, 5) is 4.33. The van der Waals surface area contributed by atoms with Crippen LogP contribution < -0.4 is 5.73 Å². The standard InChI is InChI=1S/C14H21ClF2N2O/c15-7-4-5-11-9(6-7)14(20,13(18)19-11)8-2-1-3-10(16)12(8)17/h7-12,20H,1-6H2,(H2,18,19). The van der Waals surface area contributed by atoms with Crippen LogP contribution in [0, 0.1) is 11.8 Å². The highest BCUT2D eigenvalue weighted by Gasteiger charge is 2.59. The van der Waals surface area contributed by atoms with E-state index in [1.165, 1.54) is 0 Å². The van der Waals surface area contributed by atoms with Crippen LogP contribution in [0.3, 0.4) is 0 Å². The minimum absolute atomic E-state index is 0.0494. The fraction of sp³-hybridized carbons (Fsp3) is 0.929. The lowest BCUT2D eigenvalue weighted by molar-refractivity contribution is -0.0780. The number of nitrogens with zero attached hydrogens (tertiary/aromatic N) is 1. The summed E-state index contributed by atoms with van der Waals surface area (Å²) >= 11 is 6.19. The maximum absolute atomic E-state index is 14.3. The van der Waals surface area contributed by atoms with Gasteiger partial charge in [-0.05, 0) is 38.5 Å². The maximum atomic E-state index is 14.3. The molecule has 1 aliphatic heterocycles. The molecule has 0 saturated heterocycles. The van der Waals surface area contributed by atoms with Gasteiger partial charge in [-0.15, -0.1) is 11.6 Å². The Hall–Kier alpha value is -0.420.